The lowest BCUT2D eigenvalue weighted by molar-refractivity contribution is -0.138. The van der Waals surface area contributed by atoms with Crippen molar-refractivity contribution in [2.45, 2.75) is 12.7 Å². The second kappa shape index (κ2) is 7.08. The van der Waals surface area contributed by atoms with Gasteiger partial charge in [0.1, 0.15) is 12.3 Å². The predicted octanol–water partition coefficient (Wildman–Crippen LogP) is 3.96. The number of carboxylic acids is 1. The van der Waals surface area contributed by atoms with Gasteiger partial charge >= 0.3 is 12.1 Å². The summed E-state index contributed by atoms with van der Waals surface area (Å²) in [6.45, 7) is -0.488. The van der Waals surface area contributed by atoms with Crippen LogP contribution >= 0.6 is 23.6 Å². The summed E-state index contributed by atoms with van der Waals surface area (Å²) in [5.74, 6) is -1.47. The van der Waals surface area contributed by atoms with Crippen molar-refractivity contribution < 1.29 is 28.2 Å². The molecule has 3 rings (SSSR count). The van der Waals surface area contributed by atoms with Crippen LogP contribution < -0.4 is 0 Å². The number of aliphatic carboxylic acids is 1. The molecule has 0 spiro atoms. The molecule has 1 aromatic heterocycles. The number of carboxylic acid groups (broad SMARTS) is 1. The lowest BCUT2D eigenvalue weighted by atomic mass is 10.0. The number of benzene rings is 1. The Morgan fingerprint density at radius 2 is 1.96 bits per heavy atom. The third-order valence-electron chi connectivity index (χ3n) is 3.59. The van der Waals surface area contributed by atoms with Crippen LogP contribution in [0.15, 0.2) is 40.0 Å². The van der Waals surface area contributed by atoms with E-state index in [4.69, 9.17) is 17.3 Å². The van der Waals surface area contributed by atoms with E-state index >= 15 is 0 Å². The number of hydrogen-bond donors (Lipinski definition) is 2. The van der Waals surface area contributed by atoms with Crippen molar-refractivity contribution in [3.63, 3.8) is 0 Å². The van der Waals surface area contributed by atoms with Crippen LogP contribution in [0.1, 0.15) is 16.0 Å². The number of hydrogen-bond acceptors (Lipinski definition) is 6. The minimum absolute atomic E-state index is 0.171. The molecule has 2 N–H and O–H groups in total. The van der Waals surface area contributed by atoms with Crippen LogP contribution in [-0.4, -0.2) is 32.7 Å². The van der Waals surface area contributed by atoms with Crippen molar-refractivity contribution >= 4 is 47.5 Å². The van der Waals surface area contributed by atoms with Gasteiger partial charge in [-0.05, 0) is 30.4 Å². The zero-order chi connectivity index (χ0) is 19.8. The molecule has 0 aliphatic carbocycles. The molecule has 0 saturated carbocycles. The Morgan fingerprint density at radius 1 is 1.30 bits per heavy atom. The highest BCUT2D eigenvalue weighted by molar-refractivity contribution is 7.73. The maximum atomic E-state index is 12.7. The monoisotopic (exact) mass is 413 g/mol. The smallest absolute Gasteiger partial charge is 0.416 e. The molecular formula is C16H10F3N3O3S2. The summed E-state index contributed by atoms with van der Waals surface area (Å²) in [7, 11) is 0. The first-order valence-electron chi connectivity index (χ1n) is 7.32. The molecule has 1 aromatic carbocycles. The topological polar surface area (TPSA) is 87.2 Å². The van der Waals surface area contributed by atoms with Crippen molar-refractivity contribution in [3.8, 4) is 5.88 Å². The summed E-state index contributed by atoms with van der Waals surface area (Å²) in [6, 6.07) is 4.44. The second-order valence-corrected chi connectivity index (χ2v) is 7.08. The minimum Gasteiger partial charge on any atom is -0.493 e. The van der Waals surface area contributed by atoms with Gasteiger partial charge < -0.3 is 10.2 Å². The highest BCUT2D eigenvalue weighted by Crippen LogP contribution is 2.31. The fourth-order valence-electron chi connectivity index (χ4n) is 2.34. The molecule has 0 unspecified atom stereocenters. The maximum absolute atomic E-state index is 12.7. The average molecular weight is 413 g/mol. The Balaban J connectivity index is 1.94. The fraction of sp³-hybridized carbons (Fsp3) is 0.125. The number of allylic oxidation sites excluding steroid dienone is 1. The third-order valence-corrected chi connectivity index (χ3v) is 4.97. The Bertz CT molecular complexity index is 1050. The fourth-order valence-corrected chi connectivity index (χ4v) is 3.60. The van der Waals surface area contributed by atoms with Crippen LogP contribution in [0.2, 0.25) is 0 Å². The van der Waals surface area contributed by atoms with Crippen molar-refractivity contribution in [2.24, 2.45) is 10.2 Å². The average Bonchev–Trinajstić information content (AvgIpc) is 3.14. The van der Waals surface area contributed by atoms with E-state index in [2.05, 4.69) is 10.2 Å². The molecule has 6 nitrogen and oxygen atoms in total. The van der Waals surface area contributed by atoms with Gasteiger partial charge in [0, 0.05) is 11.1 Å². The Kier molecular flexibility index (Phi) is 4.98. The summed E-state index contributed by atoms with van der Waals surface area (Å²) < 4.78 is 39.3. The highest BCUT2D eigenvalue weighted by atomic mass is 32.1. The van der Waals surface area contributed by atoms with E-state index in [-0.39, 0.29) is 9.83 Å². The number of nitrogens with zero attached hydrogens (tertiary/aromatic N) is 3. The summed E-state index contributed by atoms with van der Waals surface area (Å²) in [5.41, 5.74) is 0.411. The summed E-state index contributed by atoms with van der Waals surface area (Å²) in [4.78, 5) is 11.1. The van der Waals surface area contributed by atoms with Crippen molar-refractivity contribution in [1.82, 2.24) is 4.57 Å². The lowest BCUT2D eigenvalue weighted by Gasteiger charge is -2.08. The highest BCUT2D eigenvalue weighted by Gasteiger charge is 2.30. The minimum atomic E-state index is -4.44. The zero-order valence-corrected chi connectivity index (χ0v) is 14.9. The normalized spacial score (nSPS) is 15.4. The Labute approximate surface area is 159 Å². The number of thiazole rings is 1. The van der Waals surface area contributed by atoms with Crippen LogP contribution in [0.3, 0.4) is 0 Å². The lowest BCUT2D eigenvalue weighted by Crippen LogP contribution is -2.08. The number of aromatic hydroxyl groups is 1. The molecule has 11 heteroatoms. The first kappa shape index (κ1) is 19.0. The molecule has 2 heterocycles. The van der Waals surface area contributed by atoms with Crippen LogP contribution in [0, 0.1) is 3.95 Å². The third kappa shape index (κ3) is 3.98. The van der Waals surface area contributed by atoms with E-state index in [0.29, 0.717) is 21.7 Å². The molecular weight excluding hydrogens is 403 g/mol. The Morgan fingerprint density at radius 3 is 2.56 bits per heavy atom. The summed E-state index contributed by atoms with van der Waals surface area (Å²) in [6.07, 6.45) is -1.55. The van der Waals surface area contributed by atoms with Gasteiger partial charge in [-0.25, -0.2) is 0 Å². The molecule has 27 heavy (non-hydrogen) atoms. The van der Waals surface area contributed by atoms with Gasteiger partial charge in [0.25, 0.3) is 0 Å². The van der Waals surface area contributed by atoms with Gasteiger partial charge in [-0.15, -0.1) is 16.4 Å². The van der Waals surface area contributed by atoms with Crippen molar-refractivity contribution in [1.29, 1.82) is 0 Å². The van der Waals surface area contributed by atoms with Crippen LogP contribution in [0.4, 0.5) is 13.2 Å². The predicted molar refractivity (Wildman–Crippen MR) is 96.9 cm³/mol. The van der Waals surface area contributed by atoms with E-state index < -0.39 is 24.3 Å². The SMILES string of the molecule is O=C(O)Cn1c(O)c(/C=C2/C=NN=C2c2ccc(C(F)(F)F)cc2)sc1=S. The first-order chi connectivity index (χ1) is 12.7. The Hall–Kier alpha value is -2.79. The van der Waals surface area contributed by atoms with Crippen molar-refractivity contribution in [3.05, 3.63) is 49.8 Å². The zero-order valence-electron chi connectivity index (χ0n) is 13.3. The van der Waals surface area contributed by atoms with E-state index in [1.807, 2.05) is 0 Å². The number of halogens is 3. The molecule has 1 aliphatic rings. The maximum Gasteiger partial charge on any atom is 0.416 e. The molecule has 0 amide bonds. The number of aromatic nitrogens is 1. The van der Waals surface area contributed by atoms with E-state index in [1.165, 1.54) is 24.4 Å². The van der Waals surface area contributed by atoms with Crippen molar-refractivity contribution in [2.75, 3.05) is 0 Å². The van der Waals surface area contributed by atoms with Gasteiger partial charge in [-0.3, -0.25) is 9.36 Å². The van der Waals surface area contributed by atoms with E-state index in [1.54, 1.807) is 0 Å². The molecule has 2 aromatic rings. The molecule has 0 saturated heterocycles. The van der Waals surface area contributed by atoms with Crippen LogP contribution in [0.25, 0.3) is 6.08 Å². The van der Waals surface area contributed by atoms with Gasteiger partial charge in [0.05, 0.1) is 16.7 Å². The first-order valence-corrected chi connectivity index (χ1v) is 8.54. The van der Waals surface area contributed by atoms with Gasteiger partial charge in [-0.1, -0.05) is 12.1 Å². The molecule has 0 fully saturated rings. The van der Waals surface area contributed by atoms with Gasteiger partial charge in [-0.2, -0.15) is 18.3 Å². The van der Waals surface area contributed by atoms with E-state index in [0.717, 1.165) is 28.0 Å². The van der Waals surface area contributed by atoms with Gasteiger partial charge in [0.15, 0.2) is 3.95 Å². The van der Waals surface area contributed by atoms with Crippen LogP contribution in [-0.2, 0) is 17.5 Å². The van der Waals surface area contributed by atoms with E-state index in [9.17, 15) is 23.1 Å². The molecule has 140 valence electrons. The molecule has 1 aliphatic heterocycles. The molecule has 0 bridgehead atoms. The standard InChI is InChI=1S/C16H10F3N3O3S2/c17-16(18,19)10-3-1-8(2-4-10)13-9(6-20-21-13)5-11-14(25)22(7-12(23)24)15(26)27-11/h1-6,25H,7H2,(H,23,24)/b9-5-. The van der Waals surface area contributed by atoms with Gasteiger partial charge in [0.2, 0.25) is 5.88 Å². The largest absolute Gasteiger partial charge is 0.493 e. The summed E-state index contributed by atoms with van der Waals surface area (Å²) in [5, 5.41) is 26.7. The number of carbonyl (C=O) groups is 1. The second-order valence-electron chi connectivity index (χ2n) is 5.40. The summed E-state index contributed by atoms with van der Waals surface area (Å²) >= 11 is 6.05. The number of alkyl halides is 3. The molecule has 0 radical (unpaired) electrons. The molecule has 0 atom stereocenters. The quantitative estimate of drug-likeness (QED) is 0.743. The number of rotatable bonds is 4. The van der Waals surface area contributed by atoms with Crippen LogP contribution in [0.5, 0.6) is 5.88 Å².